The summed E-state index contributed by atoms with van der Waals surface area (Å²) in [6.45, 7) is 8.02. The van der Waals surface area contributed by atoms with Crippen LogP contribution in [0.25, 0.3) is 36.5 Å². The Kier molecular flexibility index (Phi) is 30.2. The summed E-state index contributed by atoms with van der Waals surface area (Å²) in [7, 11) is 0. The average molecular weight is 1260 g/mol. The Morgan fingerprint density at radius 1 is 0.225 bits per heavy atom. The van der Waals surface area contributed by atoms with Crippen LogP contribution in [0, 0.1) is 0 Å². The second kappa shape index (κ2) is 36.1. The molecule has 0 fully saturated rings. The van der Waals surface area contributed by atoms with Gasteiger partial charge in [-0.15, -0.1) is 0 Å². The van der Waals surface area contributed by atoms with Gasteiger partial charge in [-0.05, 0) is 143 Å². The number of allylic oxidation sites excluding steroid dienone is 6. The van der Waals surface area contributed by atoms with Crippen molar-refractivity contribution in [2.24, 2.45) is 0 Å². The van der Waals surface area contributed by atoms with E-state index in [4.69, 9.17) is 28.4 Å². The molecule has 6 rings (SSSR count). The zero-order valence-electron chi connectivity index (χ0n) is 44.0. The third kappa shape index (κ3) is 28.9. The Balaban J connectivity index is 0.000000405. The summed E-state index contributed by atoms with van der Waals surface area (Å²) in [5.41, 5.74) is 4.88. The first-order valence-corrected chi connectivity index (χ1v) is 23.7. The molecule has 0 amide bonds. The fourth-order valence-corrected chi connectivity index (χ4v) is 6.11. The summed E-state index contributed by atoms with van der Waals surface area (Å²) in [6, 6.07) is 40.9. The third-order valence-electron chi connectivity index (χ3n) is 9.49. The van der Waals surface area contributed by atoms with Crippen LogP contribution >= 0.6 is 0 Å². The molecule has 0 aliphatic rings. The summed E-state index contributed by atoms with van der Waals surface area (Å²) in [5, 5.41) is 0. The van der Waals surface area contributed by atoms with Crippen LogP contribution in [0.2, 0.25) is 0 Å². The number of ketones is 3. The standard InChI is InChI=1S/3C21H18O5.2Pd/c3*1-15(22)25-20-11-5-17(6-12-20)3-9-19(24)10-4-18-7-13-21(14-8-18)26-16(2)23;;/h3*3-14H,1-2H3;;. The average Bonchev–Trinajstić information content (AvgIpc) is 3.39. The van der Waals surface area contributed by atoms with Gasteiger partial charge in [-0.2, -0.15) is 0 Å². The van der Waals surface area contributed by atoms with E-state index in [1.54, 1.807) is 182 Å². The van der Waals surface area contributed by atoms with Crippen LogP contribution in [0.3, 0.4) is 0 Å². The number of benzene rings is 6. The monoisotopic (exact) mass is 1260 g/mol. The first-order valence-electron chi connectivity index (χ1n) is 23.7. The Bertz CT molecular complexity index is 2680. The molecular formula is C63H54O15Pd2. The summed E-state index contributed by atoms with van der Waals surface area (Å²) in [4.78, 5) is 101. The molecule has 0 aromatic heterocycles. The SMILES string of the molecule is CC(=O)Oc1ccc(C=CC(=O)C=Cc2ccc(OC(C)=O)cc2)cc1.CC(=O)Oc1ccc(C=CC(=O)C=Cc2ccc(OC(C)=O)cc2)cc1.CC(=O)Oc1ccc(C=CC(=O)C=Cc2ccc(OC(C)=O)cc2)cc1.[Pd].[Pd]. The zero-order chi connectivity index (χ0) is 56.8. The van der Waals surface area contributed by atoms with Crippen LogP contribution in [0.4, 0.5) is 0 Å². The fourth-order valence-electron chi connectivity index (χ4n) is 6.11. The van der Waals surface area contributed by atoms with Gasteiger partial charge >= 0.3 is 35.8 Å². The van der Waals surface area contributed by atoms with E-state index in [2.05, 4.69) is 0 Å². The van der Waals surface area contributed by atoms with Gasteiger partial charge in [0.15, 0.2) is 17.3 Å². The van der Waals surface area contributed by atoms with Gasteiger partial charge in [-0.3, -0.25) is 43.2 Å². The summed E-state index contributed by atoms with van der Waals surface area (Å²) < 4.78 is 29.7. The zero-order valence-corrected chi connectivity index (χ0v) is 47.1. The Morgan fingerprint density at radius 2 is 0.338 bits per heavy atom. The van der Waals surface area contributed by atoms with E-state index in [-0.39, 0.29) is 94.0 Å². The van der Waals surface area contributed by atoms with Crippen molar-refractivity contribution in [3.05, 3.63) is 215 Å². The van der Waals surface area contributed by atoms with Crippen molar-refractivity contribution >= 4 is 89.6 Å². The molecule has 0 bridgehead atoms. The molecule has 6 aromatic carbocycles. The summed E-state index contributed by atoms with van der Waals surface area (Å²) in [5.74, 6) is -0.0465. The fraction of sp³-hybridized carbons (Fsp3) is 0.0952. The minimum absolute atomic E-state index is 0. The van der Waals surface area contributed by atoms with E-state index in [0.717, 1.165) is 33.4 Å². The van der Waals surface area contributed by atoms with Gasteiger partial charge in [0.1, 0.15) is 34.5 Å². The number of hydrogen-bond acceptors (Lipinski definition) is 15. The largest absolute Gasteiger partial charge is 0.427 e. The first kappa shape index (κ1) is 67.0. The van der Waals surface area contributed by atoms with Gasteiger partial charge in [-0.1, -0.05) is 109 Å². The Labute approximate surface area is 490 Å². The molecule has 15 nitrogen and oxygen atoms in total. The summed E-state index contributed by atoms with van der Waals surface area (Å²) in [6.07, 6.45) is 18.7. The molecule has 6 aromatic rings. The molecule has 0 saturated heterocycles. The predicted octanol–water partition coefficient (Wildman–Crippen LogP) is 11.5. The normalized spacial score (nSPS) is 10.6. The van der Waals surface area contributed by atoms with Gasteiger partial charge < -0.3 is 28.4 Å². The van der Waals surface area contributed by atoms with Gasteiger partial charge in [-0.25, -0.2) is 0 Å². The Morgan fingerprint density at radius 3 is 0.438 bits per heavy atom. The predicted molar refractivity (Wildman–Crippen MR) is 296 cm³/mol. The molecular weight excluding hydrogens is 1210 g/mol. The molecule has 0 aliphatic carbocycles. The topological polar surface area (TPSA) is 209 Å². The number of ether oxygens (including phenoxy) is 6. The molecule has 17 heteroatoms. The smallest absolute Gasteiger partial charge is 0.308 e. The maximum Gasteiger partial charge on any atom is 0.308 e. The van der Waals surface area contributed by atoms with E-state index in [1.807, 2.05) is 0 Å². The maximum absolute atomic E-state index is 11.9. The number of hydrogen-bond donors (Lipinski definition) is 0. The van der Waals surface area contributed by atoms with Crippen molar-refractivity contribution in [2.75, 3.05) is 0 Å². The van der Waals surface area contributed by atoms with Crippen LogP contribution in [-0.2, 0) is 84.0 Å². The van der Waals surface area contributed by atoms with E-state index in [0.29, 0.717) is 34.5 Å². The van der Waals surface area contributed by atoms with Crippen molar-refractivity contribution in [1.82, 2.24) is 0 Å². The number of esters is 6. The molecule has 416 valence electrons. The molecule has 80 heavy (non-hydrogen) atoms. The molecule has 0 heterocycles. The second-order valence-electron chi connectivity index (χ2n) is 16.2. The van der Waals surface area contributed by atoms with Crippen LogP contribution < -0.4 is 28.4 Å². The van der Waals surface area contributed by atoms with Crippen LogP contribution in [-0.4, -0.2) is 53.2 Å². The first-order chi connectivity index (χ1) is 37.3. The minimum atomic E-state index is -0.380. The summed E-state index contributed by atoms with van der Waals surface area (Å²) >= 11 is 0. The van der Waals surface area contributed by atoms with Crippen LogP contribution in [0.1, 0.15) is 74.9 Å². The van der Waals surface area contributed by atoms with Gasteiger partial charge in [0.05, 0.1) is 0 Å². The van der Waals surface area contributed by atoms with E-state index in [1.165, 1.54) is 78.0 Å². The molecule has 0 radical (unpaired) electrons. The van der Waals surface area contributed by atoms with Gasteiger partial charge in [0.2, 0.25) is 0 Å². The van der Waals surface area contributed by atoms with Crippen LogP contribution in [0.15, 0.2) is 182 Å². The van der Waals surface area contributed by atoms with E-state index < -0.39 is 0 Å². The number of rotatable bonds is 18. The van der Waals surface area contributed by atoms with Gasteiger partial charge in [0, 0.05) is 82.4 Å². The molecule has 0 spiro atoms. The molecule has 0 unspecified atom stereocenters. The quantitative estimate of drug-likeness (QED) is 0.0339. The molecule has 0 aliphatic heterocycles. The maximum atomic E-state index is 11.9. The molecule has 0 saturated carbocycles. The number of carbonyl (C=O) groups excluding carboxylic acids is 9. The molecule has 0 atom stereocenters. The molecule has 0 N–H and O–H groups in total. The van der Waals surface area contributed by atoms with Gasteiger partial charge in [0.25, 0.3) is 0 Å². The van der Waals surface area contributed by atoms with Crippen LogP contribution in [0.5, 0.6) is 34.5 Å². The van der Waals surface area contributed by atoms with E-state index >= 15 is 0 Å². The van der Waals surface area contributed by atoms with Crippen molar-refractivity contribution in [2.45, 2.75) is 41.5 Å². The van der Waals surface area contributed by atoms with Crippen molar-refractivity contribution in [1.29, 1.82) is 0 Å². The van der Waals surface area contributed by atoms with Crippen molar-refractivity contribution < 1.29 is 112 Å². The Hall–Kier alpha value is -9.09. The number of carbonyl (C=O) groups is 9. The second-order valence-corrected chi connectivity index (χ2v) is 16.2. The van der Waals surface area contributed by atoms with E-state index in [9.17, 15) is 43.2 Å². The minimum Gasteiger partial charge on any atom is -0.427 e. The van der Waals surface area contributed by atoms with Crippen molar-refractivity contribution in [3.63, 3.8) is 0 Å². The third-order valence-corrected chi connectivity index (χ3v) is 9.49. The van der Waals surface area contributed by atoms with Crippen molar-refractivity contribution in [3.8, 4) is 34.5 Å².